The molecule has 5 heteroatoms. The normalized spacial score (nSPS) is 26.8. The minimum atomic E-state index is 0.209. The van der Waals surface area contributed by atoms with Gasteiger partial charge in [-0.3, -0.25) is 9.59 Å². The molecule has 3 aliphatic rings. The van der Waals surface area contributed by atoms with Gasteiger partial charge >= 0.3 is 0 Å². The minimum absolute atomic E-state index is 0.209. The maximum atomic E-state index is 12.8. The van der Waals surface area contributed by atoms with E-state index in [-0.39, 0.29) is 17.9 Å². The van der Waals surface area contributed by atoms with Crippen molar-refractivity contribution in [2.75, 3.05) is 26.3 Å². The molecule has 0 radical (unpaired) electrons. The average molecular weight is 308 g/mol. The third-order valence-electron chi connectivity index (χ3n) is 5.21. The molecule has 0 N–H and O–H groups in total. The molecule has 1 aliphatic carbocycles. The number of amides is 2. The van der Waals surface area contributed by atoms with E-state index < -0.39 is 0 Å². The smallest absolute Gasteiger partial charge is 0.226 e. The quantitative estimate of drug-likeness (QED) is 0.796. The Balaban J connectivity index is 1.72. The number of carbonyl (C=O) groups excluding carboxylic acids is 2. The minimum Gasteiger partial charge on any atom is -0.381 e. The van der Waals surface area contributed by atoms with Crippen molar-refractivity contribution in [1.82, 2.24) is 9.80 Å². The molecule has 2 heterocycles. The van der Waals surface area contributed by atoms with E-state index in [1.165, 1.54) is 0 Å². The van der Waals surface area contributed by atoms with E-state index in [0.717, 1.165) is 64.8 Å². The molecule has 1 unspecified atom stereocenters. The highest BCUT2D eigenvalue weighted by atomic mass is 16.5. The van der Waals surface area contributed by atoms with Gasteiger partial charge in [0.05, 0.1) is 0 Å². The van der Waals surface area contributed by atoms with Crippen molar-refractivity contribution in [3.63, 3.8) is 0 Å². The molecule has 2 saturated heterocycles. The first-order chi connectivity index (χ1) is 10.7. The number of carbonyl (C=O) groups is 2. The van der Waals surface area contributed by atoms with E-state index in [4.69, 9.17) is 4.74 Å². The predicted octanol–water partition coefficient (Wildman–Crippen LogP) is 1.80. The van der Waals surface area contributed by atoms with Crippen LogP contribution in [0.5, 0.6) is 0 Å². The monoisotopic (exact) mass is 308 g/mol. The summed E-state index contributed by atoms with van der Waals surface area (Å²) in [6.07, 6.45) is 6.57. The fourth-order valence-electron chi connectivity index (χ4n) is 3.79. The van der Waals surface area contributed by atoms with Gasteiger partial charge in [-0.15, -0.1) is 0 Å². The maximum absolute atomic E-state index is 12.8. The summed E-state index contributed by atoms with van der Waals surface area (Å²) in [5.41, 5.74) is 0. The van der Waals surface area contributed by atoms with Crippen LogP contribution in [-0.4, -0.2) is 60.0 Å². The lowest BCUT2D eigenvalue weighted by Gasteiger charge is -2.44. The van der Waals surface area contributed by atoms with Gasteiger partial charge in [0.1, 0.15) is 0 Å². The first kappa shape index (κ1) is 15.8. The van der Waals surface area contributed by atoms with Crippen LogP contribution in [0.3, 0.4) is 0 Å². The van der Waals surface area contributed by atoms with Gasteiger partial charge in [-0.2, -0.15) is 0 Å². The molecule has 2 aliphatic heterocycles. The number of hydrogen-bond acceptors (Lipinski definition) is 3. The molecule has 0 aromatic rings. The van der Waals surface area contributed by atoms with Gasteiger partial charge in [-0.25, -0.2) is 0 Å². The van der Waals surface area contributed by atoms with E-state index in [9.17, 15) is 9.59 Å². The number of rotatable bonds is 4. The first-order valence-corrected chi connectivity index (χ1v) is 8.88. The summed E-state index contributed by atoms with van der Waals surface area (Å²) in [5, 5.41) is 0. The Bertz CT molecular complexity index is 416. The second-order valence-corrected chi connectivity index (χ2v) is 6.85. The van der Waals surface area contributed by atoms with Gasteiger partial charge in [0.15, 0.2) is 0 Å². The molecule has 124 valence electrons. The van der Waals surface area contributed by atoms with Crippen molar-refractivity contribution in [3.8, 4) is 0 Å². The molecule has 3 rings (SSSR count). The van der Waals surface area contributed by atoms with Gasteiger partial charge in [-0.1, -0.05) is 6.92 Å². The van der Waals surface area contributed by atoms with Crippen LogP contribution in [0.15, 0.2) is 0 Å². The summed E-state index contributed by atoms with van der Waals surface area (Å²) in [6.45, 7) is 5.00. The zero-order chi connectivity index (χ0) is 15.5. The fraction of sp³-hybridized carbons (Fsp3) is 0.882. The largest absolute Gasteiger partial charge is 0.381 e. The van der Waals surface area contributed by atoms with Crippen LogP contribution in [0.1, 0.15) is 51.9 Å². The van der Waals surface area contributed by atoms with Crippen molar-refractivity contribution < 1.29 is 14.3 Å². The second-order valence-electron chi connectivity index (χ2n) is 6.85. The van der Waals surface area contributed by atoms with Crippen LogP contribution in [0.4, 0.5) is 0 Å². The Morgan fingerprint density at radius 1 is 1.09 bits per heavy atom. The molecule has 1 saturated carbocycles. The SMILES string of the molecule is CCC(=O)N1CCCC(N(C(=O)C2CC2)C2CCOCC2)C1. The molecule has 2 amide bonds. The summed E-state index contributed by atoms with van der Waals surface area (Å²) in [4.78, 5) is 29.0. The Morgan fingerprint density at radius 3 is 2.45 bits per heavy atom. The van der Waals surface area contributed by atoms with Gasteiger partial charge in [0.2, 0.25) is 11.8 Å². The first-order valence-electron chi connectivity index (χ1n) is 8.88. The standard InChI is InChI=1S/C17H28N2O3/c1-2-16(20)18-9-3-4-15(12-18)19(17(21)13-5-6-13)14-7-10-22-11-8-14/h13-15H,2-12H2,1H3. The Labute approximate surface area is 133 Å². The van der Waals surface area contributed by atoms with Gasteiger partial charge < -0.3 is 14.5 Å². The number of piperidine rings is 1. The summed E-state index contributed by atoms with van der Waals surface area (Å²) >= 11 is 0. The number of nitrogens with zero attached hydrogens (tertiary/aromatic N) is 2. The van der Waals surface area contributed by atoms with E-state index in [1.807, 2.05) is 11.8 Å². The van der Waals surface area contributed by atoms with Gasteiger partial charge in [-0.05, 0) is 38.5 Å². The van der Waals surface area contributed by atoms with E-state index in [2.05, 4.69) is 4.90 Å². The lowest BCUT2D eigenvalue weighted by Crippen LogP contribution is -2.56. The summed E-state index contributed by atoms with van der Waals surface area (Å²) < 4.78 is 5.47. The highest BCUT2D eigenvalue weighted by Crippen LogP contribution is 2.35. The van der Waals surface area contributed by atoms with Crippen molar-refractivity contribution in [2.45, 2.75) is 64.0 Å². The molecule has 0 aromatic heterocycles. The summed E-state index contributed by atoms with van der Waals surface area (Å²) in [7, 11) is 0. The summed E-state index contributed by atoms with van der Waals surface area (Å²) in [5.74, 6) is 0.804. The molecule has 1 atom stereocenters. The Hall–Kier alpha value is -1.10. The van der Waals surface area contributed by atoms with Crippen molar-refractivity contribution in [3.05, 3.63) is 0 Å². The van der Waals surface area contributed by atoms with E-state index >= 15 is 0 Å². The van der Waals surface area contributed by atoms with E-state index in [0.29, 0.717) is 18.4 Å². The zero-order valence-electron chi connectivity index (χ0n) is 13.6. The lowest BCUT2D eigenvalue weighted by atomic mass is 9.97. The number of ether oxygens (including phenoxy) is 1. The molecule has 5 nitrogen and oxygen atoms in total. The van der Waals surface area contributed by atoms with Gasteiger partial charge in [0.25, 0.3) is 0 Å². The Morgan fingerprint density at radius 2 is 1.82 bits per heavy atom. The molecular formula is C17H28N2O3. The third-order valence-corrected chi connectivity index (χ3v) is 5.21. The van der Waals surface area contributed by atoms with Crippen LogP contribution >= 0.6 is 0 Å². The van der Waals surface area contributed by atoms with Crippen LogP contribution in [0, 0.1) is 5.92 Å². The molecular weight excluding hydrogens is 280 g/mol. The topological polar surface area (TPSA) is 49.9 Å². The fourth-order valence-corrected chi connectivity index (χ4v) is 3.79. The molecule has 3 fully saturated rings. The van der Waals surface area contributed by atoms with Crippen molar-refractivity contribution in [2.24, 2.45) is 5.92 Å². The molecule has 0 aromatic carbocycles. The van der Waals surface area contributed by atoms with Crippen LogP contribution < -0.4 is 0 Å². The zero-order valence-corrected chi connectivity index (χ0v) is 13.6. The van der Waals surface area contributed by atoms with E-state index in [1.54, 1.807) is 0 Å². The highest BCUT2D eigenvalue weighted by Gasteiger charge is 2.41. The third kappa shape index (κ3) is 3.45. The lowest BCUT2D eigenvalue weighted by molar-refractivity contribution is -0.145. The average Bonchev–Trinajstić information content (AvgIpc) is 3.40. The second kappa shape index (κ2) is 6.99. The van der Waals surface area contributed by atoms with Crippen LogP contribution in [0.25, 0.3) is 0 Å². The van der Waals surface area contributed by atoms with Crippen molar-refractivity contribution in [1.29, 1.82) is 0 Å². The molecule has 0 spiro atoms. The highest BCUT2D eigenvalue weighted by molar-refractivity contribution is 5.82. The van der Waals surface area contributed by atoms with Crippen molar-refractivity contribution >= 4 is 11.8 Å². The maximum Gasteiger partial charge on any atom is 0.226 e. The summed E-state index contributed by atoms with van der Waals surface area (Å²) in [6, 6.07) is 0.518. The molecule has 0 bridgehead atoms. The molecule has 22 heavy (non-hydrogen) atoms. The van der Waals surface area contributed by atoms with Crippen LogP contribution in [0.2, 0.25) is 0 Å². The van der Waals surface area contributed by atoms with Gasteiger partial charge in [0, 0.05) is 50.7 Å². The number of hydrogen-bond donors (Lipinski definition) is 0. The Kier molecular flexibility index (Phi) is 5.01. The number of likely N-dealkylation sites (tertiary alicyclic amines) is 1. The van der Waals surface area contributed by atoms with Crippen LogP contribution in [-0.2, 0) is 14.3 Å². The predicted molar refractivity (Wildman–Crippen MR) is 83.3 cm³/mol.